The van der Waals surface area contributed by atoms with Crippen LogP contribution in [-0.2, 0) is 4.74 Å². The highest BCUT2D eigenvalue weighted by Crippen LogP contribution is 2.48. The van der Waals surface area contributed by atoms with Gasteiger partial charge in [0, 0.05) is 6.61 Å². The van der Waals surface area contributed by atoms with Gasteiger partial charge in [-0.25, -0.2) is 5.43 Å². The molecule has 0 radical (unpaired) electrons. The first-order chi connectivity index (χ1) is 9.44. The summed E-state index contributed by atoms with van der Waals surface area (Å²) in [6.07, 6.45) is 5.90. The molecular weight excluding hydrogens is 320 g/mol. The van der Waals surface area contributed by atoms with Crippen molar-refractivity contribution in [3.63, 3.8) is 0 Å². The van der Waals surface area contributed by atoms with Gasteiger partial charge >= 0.3 is 0 Å². The normalized spacial score (nSPS) is 22.6. The van der Waals surface area contributed by atoms with Gasteiger partial charge in [0.1, 0.15) is 11.8 Å². The van der Waals surface area contributed by atoms with Crippen LogP contribution in [0.25, 0.3) is 0 Å². The first-order valence-corrected chi connectivity index (χ1v) is 8.06. The lowest BCUT2D eigenvalue weighted by Crippen LogP contribution is -2.51. The number of hydrazine groups is 1. The predicted octanol–water partition coefficient (Wildman–Crippen LogP) is 3.92. The van der Waals surface area contributed by atoms with Crippen molar-refractivity contribution in [1.82, 2.24) is 5.43 Å². The maximum absolute atomic E-state index is 6.17. The van der Waals surface area contributed by atoms with E-state index in [-0.39, 0.29) is 11.6 Å². The van der Waals surface area contributed by atoms with Crippen molar-refractivity contribution < 1.29 is 9.15 Å². The van der Waals surface area contributed by atoms with E-state index in [4.69, 9.17) is 15.0 Å². The van der Waals surface area contributed by atoms with Crippen LogP contribution >= 0.6 is 15.9 Å². The Balaban J connectivity index is 2.29. The fraction of sp³-hybridized carbons (Fsp3) is 0.733. The van der Waals surface area contributed by atoms with E-state index in [2.05, 4.69) is 35.2 Å². The molecule has 0 aliphatic heterocycles. The Bertz CT molecular complexity index is 435. The number of hydrogen-bond acceptors (Lipinski definition) is 4. The maximum Gasteiger partial charge on any atom is 0.139 e. The molecule has 0 amide bonds. The molecule has 20 heavy (non-hydrogen) atoms. The highest BCUT2D eigenvalue weighted by molar-refractivity contribution is 9.10. The second kappa shape index (κ2) is 6.18. The Hall–Kier alpha value is -0.360. The van der Waals surface area contributed by atoms with Crippen molar-refractivity contribution in [3.05, 3.63) is 22.6 Å². The Morgan fingerprint density at radius 1 is 1.40 bits per heavy atom. The quantitative estimate of drug-likeness (QED) is 0.627. The third kappa shape index (κ3) is 3.11. The van der Waals surface area contributed by atoms with Gasteiger partial charge in [-0.1, -0.05) is 13.8 Å². The van der Waals surface area contributed by atoms with E-state index in [0.29, 0.717) is 12.0 Å². The average Bonchev–Trinajstić information content (AvgIpc) is 2.81. The van der Waals surface area contributed by atoms with E-state index in [0.717, 1.165) is 35.9 Å². The first kappa shape index (κ1) is 16.0. The fourth-order valence-corrected chi connectivity index (χ4v) is 3.56. The summed E-state index contributed by atoms with van der Waals surface area (Å²) in [5, 5.41) is 0. The maximum atomic E-state index is 6.17. The number of furan rings is 1. The number of halogens is 1. The van der Waals surface area contributed by atoms with Crippen LogP contribution < -0.4 is 11.3 Å². The van der Waals surface area contributed by atoms with E-state index in [1.165, 1.54) is 0 Å². The Labute approximate surface area is 129 Å². The number of nitrogens with one attached hydrogen (secondary N) is 1. The largest absolute Gasteiger partial charge is 0.466 e. The molecule has 0 aromatic carbocycles. The molecule has 0 bridgehead atoms. The van der Waals surface area contributed by atoms with Crippen molar-refractivity contribution in [1.29, 1.82) is 0 Å². The van der Waals surface area contributed by atoms with Crippen LogP contribution in [-0.4, -0.2) is 12.2 Å². The monoisotopic (exact) mass is 344 g/mol. The smallest absolute Gasteiger partial charge is 0.139 e. The van der Waals surface area contributed by atoms with E-state index in [1.54, 1.807) is 6.26 Å². The third-order valence-corrected chi connectivity index (χ3v) is 5.14. The second-order valence-corrected chi connectivity index (χ2v) is 7.25. The molecule has 1 aromatic heterocycles. The zero-order chi connectivity index (χ0) is 14.8. The summed E-state index contributed by atoms with van der Waals surface area (Å²) in [5.74, 6) is 6.66. The Morgan fingerprint density at radius 2 is 2.05 bits per heavy atom. The van der Waals surface area contributed by atoms with Crippen molar-refractivity contribution in [2.24, 2.45) is 11.3 Å². The van der Waals surface area contributed by atoms with E-state index < -0.39 is 0 Å². The van der Waals surface area contributed by atoms with Crippen LogP contribution in [0.15, 0.2) is 21.2 Å². The molecule has 1 aliphatic rings. The average molecular weight is 345 g/mol. The van der Waals surface area contributed by atoms with Crippen LogP contribution in [0, 0.1) is 5.41 Å². The molecule has 1 heterocycles. The van der Waals surface area contributed by atoms with Crippen molar-refractivity contribution in [2.75, 3.05) is 6.61 Å². The number of nitrogens with two attached hydrogens (primary N) is 1. The molecule has 5 heteroatoms. The molecule has 0 spiro atoms. The van der Waals surface area contributed by atoms with Gasteiger partial charge in [0.15, 0.2) is 0 Å². The molecule has 4 nitrogen and oxygen atoms in total. The molecule has 0 saturated heterocycles. The van der Waals surface area contributed by atoms with Crippen molar-refractivity contribution in [3.8, 4) is 0 Å². The van der Waals surface area contributed by atoms with Gasteiger partial charge in [0.05, 0.1) is 16.3 Å². The summed E-state index contributed by atoms with van der Waals surface area (Å²) < 4.78 is 12.7. The molecule has 1 fully saturated rings. The predicted molar refractivity (Wildman–Crippen MR) is 83.1 cm³/mol. The molecule has 1 saturated carbocycles. The second-order valence-electron chi connectivity index (χ2n) is 6.39. The summed E-state index contributed by atoms with van der Waals surface area (Å²) in [5.41, 5.74) is 3.00. The molecule has 1 unspecified atom stereocenters. The van der Waals surface area contributed by atoms with E-state index >= 15 is 0 Å². The molecular formula is C15H25BrN2O2. The number of hydrogen-bond donors (Lipinski definition) is 2. The lowest BCUT2D eigenvalue weighted by atomic mass is 9.68. The lowest BCUT2D eigenvalue weighted by molar-refractivity contribution is -0.111. The van der Waals surface area contributed by atoms with Gasteiger partial charge in [0.2, 0.25) is 0 Å². The zero-order valence-electron chi connectivity index (χ0n) is 12.5. The molecule has 1 aliphatic carbocycles. The zero-order valence-corrected chi connectivity index (χ0v) is 14.1. The molecule has 1 aromatic rings. The van der Waals surface area contributed by atoms with Gasteiger partial charge in [-0.15, -0.1) is 0 Å². The molecule has 2 rings (SSSR count). The van der Waals surface area contributed by atoms with Crippen LogP contribution in [0.1, 0.15) is 58.3 Å². The summed E-state index contributed by atoms with van der Waals surface area (Å²) in [6, 6.07) is 1.76. The Morgan fingerprint density at radius 3 is 2.50 bits per heavy atom. The minimum atomic E-state index is -0.292. The summed E-state index contributed by atoms with van der Waals surface area (Å²) >= 11 is 3.53. The van der Waals surface area contributed by atoms with Gasteiger partial charge in [0.25, 0.3) is 0 Å². The van der Waals surface area contributed by atoms with E-state index in [9.17, 15) is 0 Å². The van der Waals surface area contributed by atoms with Crippen molar-refractivity contribution in [2.45, 2.75) is 58.1 Å². The summed E-state index contributed by atoms with van der Waals surface area (Å²) in [7, 11) is 0. The first-order valence-electron chi connectivity index (χ1n) is 7.27. The molecule has 1 atom stereocenters. The summed E-state index contributed by atoms with van der Waals surface area (Å²) in [4.78, 5) is 0. The van der Waals surface area contributed by atoms with Gasteiger partial charge in [-0.05, 0) is 60.0 Å². The third-order valence-electron chi connectivity index (χ3n) is 4.48. The topological polar surface area (TPSA) is 60.4 Å². The van der Waals surface area contributed by atoms with Gasteiger partial charge in [-0.2, -0.15) is 0 Å². The lowest BCUT2D eigenvalue weighted by Gasteiger charge is -2.46. The van der Waals surface area contributed by atoms with Crippen LogP contribution in [0.4, 0.5) is 0 Å². The summed E-state index contributed by atoms with van der Waals surface area (Å²) in [6.45, 7) is 7.34. The highest BCUT2D eigenvalue weighted by Gasteiger charge is 2.46. The van der Waals surface area contributed by atoms with Crippen molar-refractivity contribution >= 4 is 15.9 Å². The molecule has 114 valence electrons. The fourth-order valence-electron chi connectivity index (χ4n) is 3.13. The minimum absolute atomic E-state index is 0.136. The SMILES string of the molecule is CCOC1(C(NN)c2occc2Br)CCC(C)(C)CC1. The Kier molecular flexibility index (Phi) is 4.95. The van der Waals surface area contributed by atoms with Gasteiger partial charge in [-0.3, -0.25) is 5.84 Å². The molecule has 3 N–H and O–H groups in total. The standard InChI is InChI=1S/C15H25BrN2O2/c1-4-20-15(8-6-14(2,3)7-9-15)13(18-17)12-11(16)5-10-19-12/h5,10,13,18H,4,6-9,17H2,1-3H3. The van der Waals surface area contributed by atoms with Crippen LogP contribution in [0.2, 0.25) is 0 Å². The van der Waals surface area contributed by atoms with Crippen LogP contribution in [0.3, 0.4) is 0 Å². The van der Waals surface area contributed by atoms with Crippen LogP contribution in [0.5, 0.6) is 0 Å². The number of ether oxygens (including phenoxy) is 1. The van der Waals surface area contributed by atoms with Gasteiger partial charge < -0.3 is 9.15 Å². The van der Waals surface area contributed by atoms with E-state index in [1.807, 2.05) is 13.0 Å². The minimum Gasteiger partial charge on any atom is -0.466 e. The number of rotatable bonds is 5. The highest BCUT2D eigenvalue weighted by atomic mass is 79.9.